The first-order chi connectivity index (χ1) is 16.2. The Morgan fingerprint density at radius 2 is 0.853 bits per heavy atom. The molecular weight excluding hydrogens is 478 g/mol. The molecule has 0 bridgehead atoms. The summed E-state index contributed by atoms with van der Waals surface area (Å²) in [4.78, 5) is 2.81. The lowest BCUT2D eigenvalue weighted by Gasteiger charge is -2.13. The molecule has 2 aromatic carbocycles. The first kappa shape index (κ1) is 23.7. The average Bonchev–Trinajstić information content (AvgIpc) is 2.82. The molecule has 2 N–H and O–H groups in total. The van der Waals surface area contributed by atoms with E-state index in [-0.39, 0.29) is 33.9 Å². The molecule has 34 heavy (non-hydrogen) atoms. The molecule has 0 aliphatic rings. The largest absolute Gasteiger partial charge is 0.265 e. The second-order valence-electron chi connectivity index (χ2n) is 6.43. The lowest BCUT2D eigenvalue weighted by atomic mass is 10.1. The van der Waals surface area contributed by atoms with Crippen molar-refractivity contribution in [3.05, 3.63) is 76.9 Å². The predicted molar refractivity (Wildman–Crippen MR) is 118 cm³/mol. The maximum Gasteiger partial charge on any atom is 0.265 e. The van der Waals surface area contributed by atoms with E-state index in [1.54, 1.807) is 24.3 Å². The van der Waals surface area contributed by atoms with Gasteiger partial charge in [0.25, 0.3) is 20.0 Å². The molecule has 0 atom stereocenters. The number of hydrogen-bond acceptors (Lipinski definition) is 9. The minimum Gasteiger partial charge on any atom is -0.263 e. The topological polar surface area (TPSA) is 200 Å². The van der Waals surface area contributed by atoms with Gasteiger partial charge in [0.15, 0.2) is 0 Å². The van der Waals surface area contributed by atoms with Gasteiger partial charge in [-0.2, -0.15) is 21.0 Å². The second-order valence-corrected chi connectivity index (χ2v) is 9.67. The van der Waals surface area contributed by atoms with Gasteiger partial charge in [-0.15, -0.1) is 0 Å². The van der Waals surface area contributed by atoms with E-state index >= 15 is 0 Å². The summed E-state index contributed by atoms with van der Waals surface area (Å²) in [6.07, 6.45) is 0. The molecule has 3 aromatic rings. The highest BCUT2D eigenvalue weighted by Gasteiger charge is 2.26. The van der Waals surface area contributed by atoms with Gasteiger partial charge in [0.1, 0.15) is 45.7 Å². The van der Waals surface area contributed by atoms with Crippen LogP contribution in [-0.2, 0) is 20.0 Å². The van der Waals surface area contributed by atoms with E-state index < -0.39 is 29.8 Å². The first-order valence-electron chi connectivity index (χ1n) is 9.06. The highest BCUT2D eigenvalue weighted by molar-refractivity contribution is 7.93. The highest BCUT2D eigenvalue weighted by atomic mass is 32.2. The summed E-state index contributed by atoms with van der Waals surface area (Å²) >= 11 is 0. The van der Waals surface area contributed by atoms with Crippen LogP contribution in [0.3, 0.4) is 0 Å². The second kappa shape index (κ2) is 9.27. The normalized spacial score (nSPS) is 10.7. The number of hydrogen-bond donors (Lipinski definition) is 2. The summed E-state index contributed by atoms with van der Waals surface area (Å²) in [6.45, 7) is 0. The molecule has 1 aromatic heterocycles. The van der Waals surface area contributed by atoms with Gasteiger partial charge in [-0.3, -0.25) is 9.44 Å². The SMILES string of the molecule is N#Cc1cccc(C#N)c1S(=O)(=O)Nc1cccc(NS(=O)(=O)c2c(C#N)cccc2C#N)n1. The Balaban J connectivity index is 2.00. The number of rotatable bonds is 6. The number of aromatic nitrogens is 1. The predicted octanol–water partition coefficient (Wildman–Crippen LogP) is 2.17. The van der Waals surface area contributed by atoms with Crippen LogP contribution < -0.4 is 9.44 Å². The van der Waals surface area contributed by atoms with Crippen LogP contribution in [0, 0.1) is 45.3 Å². The minimum atomic E-state index is -4.45. The molecule has 0 aliphatic heterocycles. The fourth-order valence-corrected chi connectivity index (χ4v) is 5.53. The molecule has 0 unspecified atom stereocenters. The van der Waals surface area contributed by atoms with E-state index in [0.717, 1.165) is 0 Å². The van der Waals surface area contributed by atoms with Crippen LogP contribution in [0.1, 0.15) is 22.3 Å². The summed E-state index contributed by atoms with van der Waals surface area (Å²) in [5, 5.41) is 37.0. The Morgan fingerprint density at radius 1 is 0.559 bits per heavy atom. The van der Waals surface area contributed by atoms with Crippen molar-refractivity contribution in [2.45, 2.75) is 9.79 Å². The van der Waals surface area contributed by atoms with Gasteiger partial charge >= 0.3 is 0 Å². The molecule has 3 rings (SSSR count). The fourth-order valence-electron chi connectivity index (χ4n) is 2.93. The zero-order chi connectivity index (χ0) is 24.9. The van der Waals surface area contributed by atoms with E-state index in [1.807, 2.05) is 0 Å². The van der Waals surface area contributed by atoms with Crippen LogP contribution in [0.2, 0.25) is 0 Å². The van der Waals surface area contributed by atoms with Crippen LogP contribution in [-0.4, -0.2) is 21.8 Å². The minimum absolute atomic E-state index is 0.263. The molecule has 0 aliphatic carbocycles. The summed E-state index contributed by atoms with van der Waals surface area (Å²) in [5.74, 6) is -0.628. The number of nitrogens with zero attached hydrogens (tertiary/aromatic N) is 5. The van der Waals surface area contributed by atoms with Gasteiger partial charge in [-0.1, -0.05) is 18.2 Å². The zero-order valence-corrected chi connectivity index (χ0v) is 18.5. The summed E-state index contributed by atoms with van der Waals surface area (Å²) < 4.78 is 55.8. The maximum atomic E-state index is 12.9. The summed E-state index contributed by atoms with van der Waals surface area (Å²) in [7, 11) is -8.91. The molecule has 0 saturated carbocycles. The van der Waals surface area contributed by atoms with Gasteiger partial charge in [-0.05, 0) is 36.4 Å². The molecular formula is C21H11N7O4S2. The molecule has 1 heterocycles. The summed E-state index contributed by atoms with van der Waals surface area (Å²) in [5.41, 5.74) is -1.05. The fraction of sp³-hybridized carbons (Fsp3) is 0. The van der Waals surface area contributed by atoms with Crippen molar-refractivity contribution in [1.82, 2.24) is 4.98 Å². The van der Waals surface area contributed by atoms with Gasteiger partial charge in [-0.25, -0.2) is 21.8 Å². The van der Waals surface area contributed by atoms with Crippen LogP contribution in [0.15, 0.2) is 64.4 Å². The summed E-state index contributed by atoms with van der Waals surface area (Å²) in [6, 6.07) is 18.2. The lowest BCUT2D eigenvalue weighted by Crippen LogP contribution is -2.19. The quantitative estimate of drug-likeness (QED) is 0.520. The number of pyridine rings is 1. The van der Waals surface area contributed by atoms with Crippen molar-refractivity contribution in [1.29, 1.82) is 21.0 Å². The number of benzene rings is 2. The van der Waals surface area contributed by atoms with Gasteiger partial charge in [0.2, 0.25) is 0 Å². The van der Waals surface area contributed by atoms with Crippen molar-refractivity contribution >= 4 is 31.7 Å². The van der Waals surface area contributed by atoms with Crippen molar-refractivity contribution < 1.29 is 16.8 Å². The highest BCUT2D eigenvalue weighted by Crippen LogP contribution is 2.25. The third-order valence-corrected chi connectivity index (χ3v) is 7.19. The van der Waals surface area contributed by atoms with Crippen molar-refractivity contribution in [3.8, 4) is 24.3 Å². The van der Waals surface area contributed by atoms with Crippen molar-refractivity contribution in [2.24, 2.45) is 0 Å². The van der Waals surface area contributed by atoms with Crippen LogP contribution >= 0.6 is 0 Å². The van der Waals surface area contributed by atoms with Gasteiger partial charge in [0.05, 0.1) is 22.3 Å². The third-order valence-electron chi connectivity index (χ3n) is 4.28. The van der Waals surface area contributed by atoms with Crippen LogP contribution in [0.4, 0.5) is 11.6 Å². The Morgan fingerprint density at radius 3 is 1.15 bits per heavy atom. The van der Waals surface area contributed by atoms with Crippen molar-refractivity contribution in [2.75, 3.05) is 9.44 Å². The molecule has 0 saturated heterocycles. The molecule has 166 valence electrons. The van der Waals surface area contributed by atoms with Gasteiger partial charge in [0, 0.05) is 0 Å². The standard InChI is InChI=1S/C21H11N7O4S2/c22-10-14-4-1-5-15(11-23)20(14)33(29,30)27-18-8-3-9-19(26-18)28-34(31,32)21-16(12-24)6-2-7-17(21)13-25/h1-9H,(H2,26,27,28). The first-order valence-corrected chi connectivity index (χ1v) is 12.0. The lowest BCUT2D eigenvalue weighted by molar-refractivity contribution is 0.599. The molecule has 0 radical (unpaired) electrons. The molecule has 0 fully saturated rings. The van der Waals surface area contributed by atoms with Crippen molar-refractivity contribution in [3.63, 3.8) is 0 Å². The van der Waals surface area contributed by atoms with E-state index in [9.17, 15) is 37.9 Å². The average molecular weight is 489 g/mol. The van der Waals surface area contributed by atoms with E-state index in [4.69, 9.17) is 0 Å². The van der Waals surface area contributed by atoms with E-state index in [1.165, 1.54) is 54.6 Å². The molecule has 13 heteroatoms. The van der Waals surface area contributed by atoms with E-state index in [2.05, 4.69) is 14.4 Å². The Kier molecular flexibility index (Phi) is 6.46. The number of nitrogens with one attached hydrogen (secondary N) is 2. The molecule has 0 spiro atoms. The number of nitriles is 4. The third kappa shape index (κ3) is 4.62. The van der Waals surface area contributed by atoms with Gasteiger partial charge < -0.3 is 0 Å². The Hall–Kier alpha value is -4.95. The number of sulfonamides is 2. The smallest absolute Gasteiger partial charge is 0.263 e. The monoisotopic (exact) mass is 489 g/mol. The molecule has 0 amide bonds. The Bertz CT molecular complexity index is 1500. The zero-order valence-electron chi connectivity index (χ0n) is 16.9. The van der Waals surface area contributed by atoms with E-state index in [0.29, 0.717) is 0 Å². The maximum absolute atomic E-state index is 12.9. The van der Waals surface area contributed by atoms with Crippen LogP contribution in [0.5, 0.6) is 0 Å². The molecule has 11 nitrogen and oxygen atoms in total. The Labute approximate surface area is 194 Å². The number of anilines is 2. The van der Waals surface area contributed by atoms with Crippen LogP contribution in [0.25, 0.3) is 0 Å².